The molecule has 1 aliphatic heterocycles. The minimum Gasteiger partial charge on any atom is -0.453 e. The number of nitrogens with one attached hydrogen (secondary N) is 1. The third-order valence-electron chi connectivity index (χ3n) is 5.90. The van der Waals surface area contributed by atoms with Crippen LogP contribution in [0.25, 0.3) is 20.8 Å². The maximum Gasteiger partial charge on any atom is 0.167 e. The monoisotopic (exact) mass is 463 g/mol. The predicted octanol–water partition coefficient (Wildman–Crippen LogP) is 5.08. The lowest BCUT2D eigenvalue weighted by Crippen LogP contribution is -2.43. The zero-order valence-corrected chi connectivity index (χ0v) is 19.5. The number of benzene rings is 1. The number of rotatable bonds is 6. The zero-order chi connectivity index (χ0) is 22.8. The van der Waals surface area contributed by atoms with Crippen molar-refractivity contribution in [1.29, 1.82) is 0 Å². The van der Waals surface area contributed by atoms with Crippen molar-refractivity contribution in [2.75, 3.05) is 45.6 Å². The van der Waals surface area contributed by atoms with Gasteiger partial charge in [-0.2, -0.15) is 0 Å². The van der Waals surface area contributed by atoms with Crippen molar-refractivity contribution < 1.29 is 9.13 Å². The fourth-order valence-electron chi connectivity index (χ4n) is 3.91. The first-order valence-corrected chi connectivity index (χ1v) is 11.8. The Balaban J connectivity index is 1.35. The third-order valence-corrected chi connectivity index (χ3v) is 7.06. The molecule has 170 valence electrons. The zero-order valence-electron chi connectivity index (χ0n) is 18.7. The van der Waals surface area contributed by atoms with E-state index in [1.807, 2.05) is 12.3 Å². The summed E-state index contributed by atoms with van der Waals surface area (Å²) < 4.78 is 21.2. The van der Waals surface area contributed by atoms with E-state index < -0.39 is 5.82 Å². The van der Waals surface area contributed by atoms with Gasteiger partial charge >= 0.3 is 0 Å². The summed E-state index contributed by atoms with van der Waals surface area (Å²) in [5.41, 5.74) is 3.62. The van der Waals surface area contributed by atoms with E-state index in [1.54, 1.807) is 42.8 Å². The number of hydrogen-bond donors (Lipinski definition) is 1. The van der Waals surface area contributed by atoms with E-state index >= 15 is 0 Å². The van der Waals surface area contributed by atoms with Gasteiger partial charge in [-0.1, -0.05) is 6.07 Å². The standard InChI is InChI=1S/C25H26FN5OS/c1-27-18-4-6-22(19(26)13-18)32-23-7-8-28-21-14-24(33-25(21)23)20-5-3-17(15-29-20)16-31-11-9-30(2)10-12-31/h3-8,13-15,27H,9-12,16H2,1-2H3. The van der Waals surface area contributed by atoms with Crippen molar-refractivity contribution in [3.8, 4) is 22.1 Å². The van der Waals surface area contributed by atoms with E-state index in [0.29, 0.717) is 11.4 Å². The van der Waals surface area contributed by atoms with Crippen LogP contribution in [0.3, 0.4) is 0 Å². The number of nitrogens with zero attached hydrogens (tertiary/aromatic N) is 4. The van der Waals surface area contributed by atoms with E-state index in [4.69, 9.17) is 9.72 Å². The van der Waals surface area contributed by atoms with Crippen molar-refractivity contribution in [2.24, 2.45) is 0 Å². The van der Waals surface area contributed by atoms with Crippen LogP contribution in [0.2, 0.25) is 0 Å². The van der Waals surface area contributed by atoms with Gasteiger partial charge in [0.05, 0.1) is 20.8 Å². The number of fused-ring (bicyclic) bond motifs is 1. The summed E-state index contributed by atoms with van der Waals surface area (Å²) in [5.74, 6) is 0.350. The fraction of sp³-hybridized carbons (Fsp3) is 0.280. The van der Waals surface area contributed by atoms with E-state index in [0.717, 1.165) is 53.5 Å². The fourth-order valence-corrected chi connectivity index (χ4v) is 4.95. The molecule has 0 amide bonds. The van der Waals surface area contributed by atoms with Gasteiger partial charge < -0.3 is 15.0 Å². The van der Waals surface area contributed by atoms with Crippen molar-refractivity contribution in [2.45, 2.75) is 6.54 Å². The molecule has 0 unspecified atom stereocenters. The first-order chi connectivity index (χ1) is 16.1. The Morgan fingerprint density at radius 2 is 1.88 bits per heavy atom. The van der Waals surface area contributed by atoms with Crippen LogP contribution in [0.5, 0.6) is 11.5 Å². The van der Waals surface area contributed by atoms with Gasteiger partial charge in [-0.25, -0.2) is 4.39 Å². The number of piperazine rings is 1. The lowest BCUT2D eigenvalue weighted by Gasteiger charge is -2.32. The molecule has 4 heterocycles. The van der Waals surface area contributed by atoms with E-state index in [9.17, 15) is 4.39 Å². The molecule has 1 fully saturated rings. The Morgan fingerprint density at radius 1 is 1.03 bits per heavy atom. The quantitative estimate of drug-likeness (QED) is 0.430. The molecule has 0 radical (unpaired) electrons. The van der Waals surface area contributed by atoms with Gasteiger partial charge in [-0.15, -0.1) is 11.3 Å². The molecule has 6 nitrogen and oxygen atoms in total. The molecular weight excluding hydrogens is 437 g/mol. The molecule has 5 rings (SSSR count). The smallest absolute Gasteiger partial charge is 0.167 e. The summed E-state index contributed by atoms with van der Waals surface area (Å²) in [4.78, 5) is 15.0. The van der Waals surface area contributed by atoms with Crippen LogP contribution in [0, 0.1) is 5.82 Å². The molecule has 0 atom stereocenters. The van der Waals surface area contributed by atoms with Crippen LogP contribution in [-0.2, 0) is 6.54 Å². The van der Waals surface area contributed by atoms with Gasteiger partial charge in [0.15, 0.2) is 11.6 Å². The van der Waals surface area contributed by atoms with Crippen molar-refractivity contribution in [3.63, 3.8) is 0 Å². The maximum absolute atomic E-state index is 14.4. The van der Waals surface area contributed by atoms with Gasteiger partial charge in [-0.05, 0) is 36.9 Å². The van der Waals surface area contributed by atoms with Crippen LogP contribution in [0.4, 0.5) is 10.1 Å². The lowest BCUT2D eigenvalue weighted by molar-refractivity contribution is 0.148. The average molecular weight is 464 g/mol. The maximum atomic E-state index is 14.4. The van der Waals surface area contributed by atoms with Gasteiger partial charge in [0.25, 0.3) is 0 Å². The third kappa shape index (κ3) is 4.83. The second-order valence-electron chi connectivity index (χ2n) is 8.26. The first-order valence-electron chi connectivity index (χ1n) is 11.0. The summed E-state index contributed by atoms with van der Waals surface area (Å²) in [6.07, 6.45) is 3.64. The van der Waals surface area contributed by atoms with Crippen molar-refractivity contribution >= 4 is 27.2 Å². The lowest BCUT2D eigenvalue weighted by atomic mass is 10.2. The number of likely N-dealkylation sites (N-methyl/N-ethyl adjacent to an activating group) is 1. The first kappa shape index (κ1) is 21.8. The number of anilines is 1. The number of hydrogen-bond acceptors (Lipinski definition) is 7. The molecule has 0 spiro atoms. The normalized spacial score (nSPS) is 15.1. The number of halogens is 1. The molecule has 8 heteroatoms. The van der Waals surface area contributed by atoms with Crippen LogP contribution in [0.15, 0.2) is 54.9 Å². The van der Waals surface area contributed by atoms with Crippen molar-refractivity contribution in [3.05, 3.63) is 66.2 Å². The van der Waals surface area contributed by atoms with Crippen LogP contribution < -0.4 is 10.1 Å². The molecule has 33 heavy (non-hydrogen) atoms. The van der Waals surface area contributed by atoms with E-state index in [-0.39, 0.29) is 5.75 Å². The Morgan fingerprint density at radius 3 is 2.61 bits per heavy atom. The number of pyridine rings is 2. The average Bonchev–Trinajstić information content (AvgIpc) is 3.28. The topological polar surface area (TPSA) is 53.5 Å². The Bertz CT molecular complexity index is 1250. The highest BCUT2D eigenvalue weighted by Crippen LogP contribution is 2.39. The predicted molar refractivity (Wildman–Crippen MR) is 132 cm³/mol. The molecule has 0 aliphatic carbocycles. The largest absolute Gasteiger partial charge is 0.453 e. The highest BCUT2D eigenvalue weighted by Gasteiger charge is 2.16. The number of thiophene rings is 1. The highest BCUT2D eigenvalue weighted by molar-refractivity contribution is 7.22. The SMILES string of the molecule is CNc1ccc(Oc2ccnc3cc(-c4ccc(CN5CCN(C)CC5)cn4)sc23)c(F)c1. The number of aromatic nitrogens is 2. The minimum absolute atomic E-state index is 0.183. The Hall–Kier alpha value is -3.07. The Labute approximate surface area is 196 Å². The summed E-state index contributed by atoms with van der Waals surface area (Å²) in [5, 5.41) is 2.92. The molecular formula is C25H26FN5OS. The molecule has 4 aromatic rings. The van der Waals surface area contributed by atoms with Crippen LogP contribution >= 0.6 is 11.3 Å². The minimum atomic E-state index is -0.416. The molecule has 0 saturated carbocycles. The summed E-state index contributed by atoms with van der Waals surface area (Å²) in [6.45, 7) is 5.30. The van der Waals surface area contributed by atoms with Crippen molar-refractivity contribution in [1.82, 2.24) is 19.8 Å². The second kappa shape index (κ2) is 9.43. The molecule has 1 aromatic carbocycles. The van der Waals surface area contributed by atoms with Crippen LogP contribution in [-0.4, -0.2) is 60.0 Å². The molecule has 1 N–H and O–H groups in total. The summed E-state index contributed by atoms with van der Waals surface area (Å²) >= 11 is 1.55. The van der Waals surface area contributed by atoms with Gasteiger partial charge in [0.1, 0.15) is 5.75 Å². The van der Waals surface area contributed by atoms with E-state index in [1.165, 1.54) is 11.6 Å². The Kier molecular flexibility index (Phi) is 6.22. The second-order valence-corrected chi connectivity index (χ2v) is 9.31. The molecule has 3 aromatic heterocycles. The van der Waals surface area contributed by atoms with Gasteiger partial charge in [0, 0.05) is 70.0 Å². The molecule has 1 saturated heterocycles. The molecule has 0 bridgehead atoms. The van der Waals surface area contributed by atoms with E-state index in [2.05, 4.69) is 39.3 Å². The molecule has 1 aliphatic rings. The van der Waals surface area contributed by atoms with Gasteiger partial charge in [0.2, 0.25) is 0 Å². The van der Waals surface area contributed by atoms with Crippen LogP contribution in [0.1, 0.15) is 5.56 Å². The summed E-state index contributed by atoms with van der Waals surface area (Å²) in [7, 11) is 3.92. The summed E-state index contributed by atoms with van der Waals surface area (Å²) in [6, 6.07) is 12.8. The highest BCUT2D eigenvalue weighted by atomic mass is 32.1. The van der Waals surface area contributed by atoms with Gasteiger partial charge in [-0.3, -0.25) is 14.9 Å². The number of ether oxygens (including phenoxy) is 1.